The maximum Gasteiger partial charge on any atom is 0.272 e. The van der Waals surface area contributed by atoms with Crippen LogP contribution in [0.3, 0.4) is 0 Å². The Morgan fingerprint density at radius 1 is 0.825 bits per heavy atom. The number of ether oxygens (including phenoxy) is 1. The second-order valence-corrected chi connectivity index (χ2v) is 9.97. The summed E-state index contributed by atoms with van der Waals surface area (Å²) in [5.74, 6) is -0.215. The zero-order chi connectivity index (χ0) is 28.3. The van der Waals surface area contributed by atoms with Crippen molar-refractivity contribution in [2.75, 3.05) is 23.5 Å². The maximum atomic E-state index is 13.3. The Kier molecular flexibility index (Phi) is 9.99. The van der Waals surface area contributed by atoms with Gasteiger partial charge in [-0.3, -0.25) is 14.4 Å². The van der Waals surface area contributed by atoms with Crippen molar-refractivity contribution < 1.29 is 19.1 Å². The SMILES string of the molecule is COc1ccc(NC(=O)CSc2cccc(NC(=O)/C(=C/c3cccc(Cl)c3)NC(=O)c3ccccc3)c2)cc1. The Hall–Kier alpha value is -4.53. The van der Waals surface area contributed by atoms with Crippen LogP contribution in [-0.2, 0) is 9.59 Å². The highest BCUT2D eigenvalue weighted by Gasteiger charge is 2.15. The van der Waals surface area contributed by atoms with Gasteiger partial charge in [-0.2, -0.15) is 0 Å². The van der Waals surface area contributed by atoms with E-state index in [1.807, 2.05) is 6.07 Å². The summed E-state index contributed by atoms with van der Waals surface area (Å²) in [4.78, 5) is 39.3. The molecule has 202 valence electrons. The zero-order valence-corrected chi connectivity index (χ0v) is 23.1. The van der Waals surface area contributed by atoms with Gasteiger partial charge in [0.15, 0.2) is 0 Å². The van der Waals surface area contributed by atoms with Gasteiger partial charge in [-0.05, 0) is 78.4 Å². The van der Waals surface area contributed by atoms with E-state index in [0.717, 1.165) is 4.90 Å². The summed E-state index contributed by atoms with van der Waals surface area (Å²) in [6, 6.07) is 29.8. The van der Waals surface area contributed by atoms with Crippen LogP contribution < -0.4 is 20.7 Å². The van der Waals surface area contributed by atoms with Gasteiger partial charge < -0.3 is 20.7 Å². The van der Waals surface area contributed by atoms with Crippen molar-refractivity contribution in [3.05, 3.63) is 125 Å². The van der Waals surface area contributed by atoms with Crippen molar-refractivity contribution in [1.82, 2.24) is 5.32 Å². The molecule has 4 rings (SSSR count). The van der Waals surface area contributed by atoms with Gasteiger partial charge in [0.05, 0.1) is 12.9 Å². The lowest BCUT2D eigenvalue weighted by atomic mass is 10.1. The molecular weight excluding hydrogens is 546 g/mol. The Morgan fingerprint density at radius 3 is 2.30 bits per heavy atom. The van der Waals surface area contributed by atoms with Crippen molar-refractivity contribution >= 4 is 58.5 Å². The number of methoxy groups -OCH3 is 1. The average Bonchev–Trinajstić information content (AvgIpc) is 2.97. The monoisotopic (exact) mass is 571 g/mol. The Bertz CT molecular complexity index is 1530. The summed E-state index contributed by atoms with van der Waals surface area (Å²) in [5.41, 5.74) is 2.30. The van der Waals surface area contributed by atoms with E-state index in [2.05, 4.69) is 16.0 Å². The minimum absolute atomic E-state index is 0.0491. The molecule has 0 saturated heterocycles. The van der Waals surface area contributed by atoms with Crippen molar-refractivity contribution in [2.24, 2.45) is 0 Å². The van der Waals surface area contributed by atoms with Gasteiger partial charge in [0.2, 0.25) is 5.91 Å². The number of anilines is 2. The third kappa shape index (κ3) is 8.49. The number of hydrogen-bond donors (Lipinski definition) is 3. The molecular formula is C31H26ClN3O4S. The summed E-state index contributed by atoms with van der Waals surface area (Å²) >= 11 is 7.44. The van der Waals surface area contributed by atoms with E-state index >= 15 is 0 Å². The average molecular weight is 572 g/mol. The first-order chi connectivity index (χ1) is 19.4. The van der Waals surface area contributed by atoms with E-state index in [1.54, 1.807) is 110 Å². The molecule has 0 atom stereocenters. The van der Waals surface area contributed by atoms with Crippen LogP contribution in [0.4, 0.5) is 11.4 Å². The topological polar surface area (TPSA) is 96.5 Å². The first-order valence-corrected chi connectivity index (χ1v) is 13.6. The smallest absolute Gasteiger partial charge is 0.272 e. The van der Waals surface area contributed by atoms with E-state index in [0.29, 0.717) is 33.3 Å². The fourth-order valence-electron chi connectivity index (χ4n) is 3.59. The molecule has 0 bridgehead atoms. The molecule has 0 aliphatic rings. The summed E-state index contributed by atoms with van der Waals surface area (Å²) < 4.78 is 5.13. The number of halogens is 1. The number of amides is 3. The fourth-order valence-corrected chi connectivity index (χ4v) is 4.54. The molecule has 0 radical (unpaired) electrons. The van der Waals surface area contributed by atoms with E-state index < -0.39 is 11.8 Å². The lowest BCUT2D eigenvalue weighted by Gasteiger charge is -2.12. The molecule has 0 unspecified atom stereocenters. The van der Waals surface area contributed by atoms with E-state index in [-0.39, 0.29) is 17.4 Å². The first kappa shape index (κ1) is 28.5. The zero-order valence-electron chi connectivity index (χ0n) is 21.5. The second kappa shape index (κ2) is 14.0. The van der Waals surface area contributed by atoms with Gasteiger partial charge in [0.25, 0.3) is 11.8 Å². The number of carbonyl (C=O) groups excluding carboxylic acids is 3. The second-order valence-electron chi connectivity index (χ2n) is 8.48. The van der Waals surface area contributed by atoms with Crippen molar-refractivity contribution in [1.29, 1.82) is 0 Å². The van der Waals surface area contributed by atoms with Gasteiger partial charge in [0, 0.05) is 26.9 Å². The largest absolute Gasteiger partial charge is 0.497 e. The first-order valence-electron chi connectivity index (χ1n) is 12.2. The van der Waals surface area contributed by atoms with Crippen molar-refractivity contribution in [3.63, 3.8) is 0 Å². The van der Waals surface area contributed by atoms with E-state index in [4.69, 9.17) is 16.3 Å². The van der Waals surface area contributed by atoms with E-state index in [9.17, 15) is 14.4 Å². The third-order valence-electron chi connectivity index (χ3n) is 5.52. The number of thioether (sulfide) groups is 1. The third-order valence-corrected chi connectivity index (χ3v) is 6.75. The van der Waals surface area contributed by atoms with E-state index in [1.165, 1.54) is 11.8 Å². The normalized spacial score (nSPS) is 10.9. The summed E-state index contributed by atoms with van der Waals surface area (Å²) in [6.45, 7) is 0. The number of benzene rings is 4. The molecule has 0 saturated carbocycles. The minimum atomic E-state index is -0.511. The molecule has 4 aromatic carbocycles. The van der Waals surface area contributed by atoms with Crippen LogP contribution in [0.1, 0.15) is 15.9 Å². The molecule has 3 amide bonds. The Morgan fingerprint density at radius 2 is 1.57 bits per heavy atom. The highest BCUT2D eigenvalue weighted by Crippen LogP contribution is 2.23. The molecule has 0 aliphatic heterocycles. The van der Waals surface area contributed by atoms with Crippen molar-refractivity contribution in [3.8, 4) is 5.75 Å². The van der Waals surface area contributed by atoms with Crippen LogP contribution in [0.5, 0.6) is 5.75 Å². The highest BCUT2D eigenvalue weighted by molar-refractivity contribution is 8.00. The van der Waals surface area contributed by atoms with Crippen LogP contribution >= 0.6 is 23.4 Å². The van der Waals surface area contributed by atoms with Crippen LogP contribution in [0.15, 0.2) is 114 Å². The molecule has 0 aromatic heterocycles. The standard InChI is InChI=1S/C31H26ClN3O4S/c1-39-26-15-13-24(14-16-26)33-29(36)20-40-27-12-6-11-25(19-27)34-31(38)28(18-21-7-5-10-23(32)17-21)35-30(37)22-8-3-2-4-9-22/h2-19H,20H2,1H3,(H,33,36)(H,34,38)(H,35,37)/b28-18-. The number of nitrogens with one attached hydrogen (secondary N) is 3. The van der Waals surface area contributed by atoms with Gasteiger partial charge >= 0.3 is 0 Å². The molecule has 0 fully saturated rings. The van der Waals surface area contributed by atoms with Gasteiger partial charge in [-0.15, -0.1) is 11.8 Å². The highest BCUT2D eigenvalue weighted by atomic mass is 35.5. The van der Waals surface area contributed by atoms with Crippen molar-refractivity contribution in [2.45, 2.75) is 4.90 Å². The molecule has 0 heterocycles. The minimum Gasteiger partial charge on any atom is -0.497 e. The van der Waals surface area contributed by atoms with Gasteiger partial charge in [-0.1, -0.05) is 48.0 Å². The molecule has 7 nitrogen and oxygen atoms in total. The molecule has 9 heteroatoms. The predicted molar refractivity (Wildman–Crippen MR) is 161 cm³/mol. The predicted octanol–water partition coefficient (Wildman–Crippen LogP) is 6.49. The van der Waals surface area contributed by atoms with Gasteiger partial charge in [-0.25, -0.2) is 0 Å². The van der Waals surface area contributed by atoms with Crippen LogP contribution in [-0.4, -0.2) is 30.6 Å². The molecule has 3 N–H and O–H groups in total. The maximum absolute atomic E-state index is 13.3. The molecule has 4 aromatic rings. The summed E-state index contributed by atoms with van der Waals surface area (Å²) in [6.07, 6.45) is 1.56. The summed E-state index contributed by atoms with van der Waals surface area (Å²) in [5, 5.41) is 8.88. The summed E-state index contributed by atoms with van der Waals surface area (Å²) in [7, 11) is 1.58. The lowest BCUT2D eigenvalue weighted by molar-refractivity contribution is -0.114. The quantitative estimate of drug-likeness (QED) is 0.149. The fraction of sp³-hybridized carbons (Fsp3) is 0.0645. The Labute approximate surface area is 241 Å². The van der Waals surface area contributed by atoms with Crippen LogP contribution in [0, 0.1) is 0 Å². The lowest BCUT2D eigenvalue weighted by Crippen LogP contribution is -2.30. The number of hydrogen-bond acceptors (Lipinski definition) is 5. The Balaban J connectivity index is 1.43. The molecule has 0 spiro atoms. The van der Waals surface area contributed by atoms with Crippen LogP contribution in [0.25, 0.3) is 6.08 Å². The molecule has 40 heavy (non-hydrogen) atoms. The van der Waals surface area contributed by atoms with Gasteiger partial charge in [0.1, 0.15) is 11.4 Å². The number of carbonyl (C=O) groups is 3. The number of rotatable bonds is 10. The molecule has 0 aliphatic carbocycles. The van der Waals surface area contributed by atoms with Crippen LogP contribution in [0.2, 0.25) is 5.02 Å².